The average Bonchev–Trinajstić information content (AvgIpc) is 3.13. The third-order valence-electron chi connectivity index (χ3n) is 6.87. The van der Waals surface area contributed by atoms with Crippen LogP contribution in [0.5, 0.6) is 11.5 Å². The van der Waals surface area contributed by atoms with Crippen molar-refractivity contribution in [2.45, 2.75) is 37.9 Å². The van der Waals surface area contributed by atoms with Crippen LogP contribution in [0, 0.1) is 0 Å². The Bertz CT molecular complexity index is 1350. The summed E-state index contributed by atoms with van der Waals surface area (Å²) in [6.45, 7) is 0.597. The number of ether oxygens (including phenoxy) is 1. The van der Waals surface area contributed by atoms with Gasteiger partial charge in [-0.1, -0.05) is 54.6 Å². The van der Waals surface area contributed by atoms with E-state index in [0.29, 0.717) is 23.9 Å². The van der Waals surface area contributed by atoms with Gasteiger partial charge in [-0.15, -0.1) is 0 Å². The molecule has 0 amide bonds. The maximum Gasteiger partial charge on any atom is 0.147 e. The van der Waals surface area contributed by atoms with Gasteiger partial charge in [0.25, 0.3) is 0 Å². The molecular formula is C33H33NO3S. The summed E-state index contributed by atoms with van der Waals surface area (Å²) in [7, 11) is 0. The molecule has 0 aliphatic heterocycles. The van der Waals surface area contributed by atoms with Gasteiger partial charge in [0.1, 0.15) is 23.0 Å². The van der Waals surface area contributed by atoms with Crippen molar-refractivity contribution in [3.05, 3.63) is 125 Å². The molecule has 0 bridgehead atoms. The number of aromatic hydroxyl groups is 1. The highest BCUT2D eigenvalue weighted by molar-refractivity contribution is 7.90. The Morgan fingerprint density at radius 1 is 0.842 bits per heavy atom. The molecule has 0 saturated heterocycles. The smallest absolute Gasteiger partial charge is 0.147 e. The molecule has 4 aromatic rings. The highest BCUT2D eigenvalue weighted by Gasteiger charge is 2.20. The normalized spacial score (nSPS) is 14.0. The van der Waals surface area contributed by atoms with Crippen molar-refractivity contribution < 1.29 is 14.4 Å². The number of phenols is 1. The second kappa shape index (κ2) is 12.8. The van der Waals surface area contributed by atoms with E-state index in [4.69, 9.17) is 4.74 Å². The van der Waals surface area contributed by atoms with Crippen molar-refractivity contribution in [2.24, 2.45) is 0 Å². The van der Waals surface area contributed by atoms with Crippen LogP contribution in [0.1, 0.15) is 53.6 Å². The number of allylic oxidation sites excluding steroid dienone is 1. The minimum absolute atomic E-state index is 0.315. The molecule has 194 valence electrons. The lowest BCUT2D eigenvalue weighted by Gasteiger charge is -2.17. The summed E-state index contributed by atoms with van der Waals surface area (Å²) in [5, 5.41) is 10.1. The second-order valence-electron chi connectivity index (χ2n) is 9.60. The Balaban J connectivity index is 1.25. The van der Waals surface area contributed by atoms with Crippen LogP contribution in [-0.2, 0) is 23.3 Å². The van der Waals surface area contributed by atoms with E-state index in [9.17, 15) is 9.66 Å². The molecule has 38 heavy (non-hydrogen) atoms. The highest BCUT2D eigenvalue weighted by Crippen LogP contribution is 2.40. The van der Waals surface area contributed by atoms with Gasteiger partial charge in [0.05, 0.1) is 12.3 Å². The van der Waals surface area contributed by atoms with Crippen molar-refractivity contribution in [1.29, 1.82) is 0 Å². The zero-order chi connectivity index (χ0) is 26.2. The molecule has 1 aromatic heterocycles. The minimum atomic E-state index is -0.904. The molecule has 0 fully saturated rings. The number of nitrogens with zero attached hydrogens (tertiary/aromatic N) is 1. The fourth-order valence-corrected chi connectivity index (χ4v) is 6.20. The number of hydrogen-bond acceptors (Lipinski definition) is 4. The monoisotopic (exact) mass is 523 g/mol. The molecule has 0 saturated carbocycles. The SMILES string of the molecule is [O-][S+](CCCCOc1ccc(C2=C(c3ccccc3)CCCc3cc(O)ccc32)cc1)Cc1ccccn1. The van der Waals surface area contributed by atoms with E-state index in [1.54, 1.807) is 12.3 Å². The number of hydrogen-bond donors (Lipinski definition) is 1. The lowest BCUT2D eigenvalue weighted by molar-refractivity contribution is 0.309. The molecule has 3 aromatic carbocycles. The van der Waals surface area contributed by atoms with Crippen LogP contribution in [0.3, 0.4) is 0 Å². The van der Waals surface area contributed by atoms with Crippen molar-refractivity contribution in [1.82, 2.24) is 4.98 Å². The lowest BCUT2D eigenvalue weighted by Crippen LogP contribution is -2.11. The molecule has 1 atom stereocenters. The summed E-state index contributed by atoms with van der Waals surface area (Å²) in [6, 6.07) is 30.4. The number of rotatable bonds is 10. The Labute approximate surface area is 228 Å². The molecule has 4 nitrogen and oxygen atoms in total. The molecular weight excluding hydrogens is 490 g/mol. The maximum atomic E-state index is 12.3. The average molecular weight is 524 g/mol. The number of benzene rings is 3. The van der Waals surface area contributed by atoms with Gasteiger partial charge < -0.3 is 14.4 Å². The van der Waals surface area contributed by atoms with Gasteiger partial charge in [0.2, 0.25) is 0 Å². The summed E-state index contributed by atoms with van der Waals surface area (Å²) in [5.74, 6) is 2.32. The Morgan fingerprint density at radius 3 is 2.45 bits per heavy atom. The Morgan fingerprint density at radius 2 is 1.66 bits per heavy atom. The van der Waals surface area contributed by atoms with Gasteiger partial charge >= 0.3 is 0 Å². The number of phenolic OH excluding ortho intramolecular Hbond substituents is 1. The third kappa shape index (κ3) is 6.66. The number of aromatic nitrogens is 1. The van der Waals surface area contributed by atoms with Crippen LogP contribution in [0.25, 0.3) is 11.1 Å². The zero-order valence-electron chi connectivity index (χ0n) is 21.5. The van der Waals surface area contributed by atoms with Gasteiger partial charge in [-0.25, -0.2) is 0 Å². The fraction of sp³-hybridized carbons (Fsp3) is 0.242. The van der Waals surface area contributed by atoms with Crippen molar-refractivity contribution in [2.75, 3.05) is 12.4 Å². The molecule has 1 aliphatic carbocycles. The number of aryl methyl sites for hydroxylation is 1. The van der Waals surface area contributed by atoms with E-state index in [-0.39, 0.29) is 0 Å². The van der Waals surface area contributed by atoms with Crippen LogP contribution >= 0.6 is 0 Å². The fourth-order valence-electron chi connectivity index (χ4n) is 5.03. The summed E-state index contributed by atoms with van der Waals surface area (Å²) in [5.41, 5.74) is 8.20. The molecule has 0 radical (unpaired) electrons. The lowest BCUT2D eigenvalue weighted by atomic mass is 9.88. The predicted molar refractivity (Wildman–Crippen MR) is 156 cm³/mol. The highest BCUT2D eigenvalue weighted by atomic mass is 32.2. The molecule has 1 N–H and O–H groups in total. The van der Waals surface area contributed by atoms with Crippen LogP contribution in [0.4, 0.5) is 0 Å². The molecule has 5 heteroatoms. The predicted octanol–water partition coefficient (Wildman–Crippen LogP) is 7.19. The van der Waals surface area contributed by atoms with Gasteiger partial charge in [0, 0.05) is 6.20 Å². The molecule has 1 heterocycles. The first-order valence-corrected chi connectivity index (χ1v) is 14.7. The Kier molecular flexibility index (Phi) is 8.79. The topological polar surface area (TPSA) is 65.4 Å². The maximum absolute atomic E-state index is 12.3. The van der Waals surface area contributed by atoms with E-state index in [1.807, 2.05) is 36.4 Å². The van der Waals surface area contributed by atoms with E-state index in [1.165, 1.54) is 27.8 Å². The molecule has 5 rings (SSSR count). The third-order valence-corrected chi connectivity index (χ3v) is 8.23. The first kappa shape index (κ1) is 26.1. The minimum Gasteiger partial charge on any atom is -0.616 e. The summed E-state index contributed by atoms with van der Waals surface area (Å²) < 4.78 is 18.3. The standard InChI is InChI=1S/C33H33NO3S/c35-29-16-19-32-27(23-29)11-8-13-31(25-9-2-1-3-10-25)33(32)26-14-17-30(18-15-26)37-21-6-7-22-38(36)24-28-12-4-5-20-34-28/h1-5,9-10,12,14-20,23,35H,6-8,11,13,21-22,24H2. The van der Waals surface area contributed by atoms with E-state index >= 15 is 0 Å². The van der Waals surface area contributed by atoms with Gasteiger partial charge in [-0.2, -0.15) is 0 Å². The van der Waals surface area contributed by atoms with Crippen LogP contribution in [0.2, 0.25) is 0 Å². The van der Waals surface area contributed by atoms with E-state index in [2.05, 4.69) is 53.5 Å². The number of pyridine rings is 1. The van der Waals surface area contributed by atoms with Crippen LogP contribution < -0.4 is 4.74 Å². The van der Waals surface area contributed by atoms with E-state index in [0.717, 1.165) is 49.1 Å². The van der Waals surface area contributed by atoms with Gasteiger partial charge in [0.15, 0.2) is 0 Å². The van der Waals surface area contributed by atoms with Gasteiger partial charge in [-0.05, 0) is 113 Å². The largest absolute Gasteiger partial charge is 0.616 e. The van der Waals surface area contributed by atoms with Crippen molar-refractivity contribution in [3.8, 4) is 11.5 Å². The quantitative estimate of drug-likeness (QED) is 0.176. The van der Waals surface area contributed by atoms with Gasteiger partial charge in [-0.3, -0.25) is 4.98 Å². The zero-order valence-corrected chi connectivity index (χ0v) is 22.3. The second-order valence-corrected chi connectivity index (χ2v) is 11.2. The van der Waals surface area contributed by atoms with Crippen molar-refractivity contribution in [3.63, 3.8) is 0 Å². The summed E-state index contributed by atoms with van der Waals surface area (Å²) in [6.07, 6.45) is 6.42. The summed E-state index contributed by atoms with van der Waals surface area (Å²) in [4.78, 5) is 4.25. The first-order valence-electron chi connectivity index (χ1n) is 13.3. The molecule has 0 spiro atoms. The molecule has 1 unspecified atom stereocenters. The van der Waals surface area contributed by atoms with E-state index < -0.39 is 11.2 Å². The number of fused-ring (bicyclic) bond motifs is 1. The van der Waals surface area contributed by atoms with Crippen molar-refractivity contribution >= 4 is 22.3 Å². The van der Waals surface area contributed by atoms with Crippen LogP contribution in [0.15, 0.2) is 97.2 Å². The summed E-state index contributed by atoms with van der Waals surface area (Å²) >= 11 is -0.904. The molecule has 1 aliphatic rings. The Hall–Kier alpha value is -3.54. The van der Waals surface area contributed by atoms with Crippen LogP contribution in [-0.4, -0.2) is 27.0 Å². The number of unbranched alkanes of at least 4 members (excludes halogenated alkanes) is 1. The first-order chi connectivity index (χ1) is 18.7.